The minimum atomic E-state index is -0.966. The predicted molar refractivity (Wildman–Crippen MR) is 152 cm³/mol. The number of hydrogen-bond donors (Lipinski definition) is 6. The Hall–Kier alpha value is -5.13. The van der Waals surface area contributed by atoms with Crippen LogP contribution in [0.4, 0.5) is 0 Å². The highest BCUT2D eigenvalue weighted by atomic mass is 16.5. The van der Waals surface area contributed by atoms with Crippen LogP contribution in [0, 0.1) is 0 Å². The van der Waals surface area contributed by atoms with Crippen molar-refractivity contribution in [2.45, 2.75) is 31.8 Å². The Morgan fingerprint density at radius 1 is 0.732 bits per heavy atom. The Kier molecular flexibility index (Phi) is 9.35. The highest BCUT2D eigenvalue weighted by Crippen LogP contribution is 2.20. The summed E-state index contributed by atoms with van der Waals surface area (Å²) in [5.41, 5.74) is 3.46. The number of esters is 1. The van der Waals surface area contributed by atoms with Gasteiger partial charge in [0.15, 0.2) is 0 Å². The predicted octanol–water partition coefficient (Wildman–Crippen LogP) is 0.829. The molecule has 12 heteroatoms. The monoisotopic (exact) mass is 560 g/mol. The molecule has 0 radical (unpaired) electrons. The second-order valence-corrected chi connectivity index (χ2v) is 9.52. The molecule has 0 aliphatic heterocycles. The van der Waals surface area contributed by atoms with E-state index in [1.165, 1.54) is 14.0 Å². The maximum Gasteiger partial charge on any atom is 0.328 e. The molecule has 0 aliphatic carbocycles. The lowest BCUT2D eigenvalue weighted by atomic mass is 10.0. The maximum absolute atomic E-state index is 12.8. The van der Waals surface area contributed by atoms with Crippen molar-refractivity contribution in [1.82, 2.24) is 31.2 Å². The number of benzene rings is 2. The third kappa shape index (κ3) is 7.50. The number of methoxy groups -OCH3 is 1. The lowest BCUT2D eigenvalue weighted by Crippen LogP contribution is -2.51. The van der Waals surface area contributed by atoms with Crippen LogP contribution in [-0.2, 0) is 41.6 Å². The van der Waals surface area contributed by atoms with Gasteiger partial charge in [0.2, 0.25) is 23.6 Å². The largest absolute Gasteiger partial charge is 0.467 e. The number of H-pyrrole nitrogens is 2. The fourth-order valence-corrected chi connectivity index (χ4v) is 4.61. The quantitative estimate of drug-likeness (QED) is 0.140. The summed E-state index contributed by atoms with van der Waals surface area (Å²) in [6, 6.07) is 13.3. The number of amides is 4. The molecule has 4 aromatic rings. The molecule has 214 valence electrons. The minimum Gasteiger partial charge on any atom is -0.467 e. The van der Waals surface area contributed by atoms with Crippen LogP contribution < -0.4 is 21.3 Å². The molecule has 0 fully saturated rings. The van der Waals surface area contributed by atoms with Crippen LogP contribution in [-0.4, -0.2) is 71.8 Å². The molecule has 2 unspecified atom stereocenters. The normalized spacial score (nSPS) is 12.3. The molecule has 0 saturated carbocycles. The number of rotatable bonds is 12. The summed E-state index contributed by atoms with van der Waals surface area (Å²) in [5.74, 6) is -2.78. The van der Waals surface area contributed by atoms with Crippen molar-refractivity contribution >= 4 is 51.4 Å². The van der Waals surface area contributed by atoms with Gasteiger partial charge in [-0.1, -0.05) is 36.4 Å². The highest BCUT2D eigenvalue weighted by Gasteiger charge is 2.24. The molecule has 0 saturated heterocycles. The summed E-state index contributed by atoms with van der Waals surface area (Å²) in [6.07, 6.45) is 3.94. The Balaban J connectivity index is 1.28. The second-order valence-electron chi connectivity index (χ2n) is 9.52. The van der Waals surface area contributed by atoms with E-state index in [1.807, 2.05) is 48.5 Å². The van der Waals surface area contributed by atoms with Crippen LogP contribution in [0.15, 0.2) is 60.9 Å². The Labute approximate surface area is 235 Å². The van der Waals surface area contributed by atoms with Gasteiger partial charge in [-0.05, 0) is 23.3 Å². The fraction of sp³-hybridized carbons (Fsp3) is 0.276. The van der Waals surface area contributed by atoms with Crippen LogP contribution in [0.1, 0.15) is 18.1 Å². The number of carbonyl (C=O) groups is 5. The summed E-state index contributed by atoms with van der Waals surface area (Å²) in [6.45, 7) is 0.480. The topological polar surface area (TPSA) is 174 Å². The summed E-state index contributed by atoms with van der Waals surface area (Å²) < 4.78 is 4.84. The van der Waals surface area contributed by atoms with Crippen LogP contribution in [0.5, 0.6) is 0 Å². The summed E-state index contributed by atoms with van der Waals surface area (Å²) in [4.78, 5) is 68.1. The second kappa shape index (κ2) is 13.3. The molecule has 2 atom stereocenters. The van der Waals surface area contributed by atoms with Gasteiger partial charge in [0.05, 0.1) is 20.2 Å². The molecule has 4 amide bonds. The Bertz CT molecular complexity index is 1570. The first-order chi connectivity index (χ1) is 19.7. The van der Waals surface area contributed by atoms with Gasteiger partial charge in [0, 0.05) is 54.0 Å². The molecule has 6 N–H and O–H groups in total. The maximum atomic E-state index is 12.8. The Morgan fingerprint density at radius 2 is 1.27 bits per heavy atom. The Morgan fingerprint density at radius 3 is 1.83 bits per heavy atom. The molecule has 0 bridgehead atoms. The number of fused-ring (bicyclic) bond motifs is 2. The van der Waals surface area contributed by atoms with Crippen molar-refractivity contribution in [2.75, 3.05) is 20.2 Å². The molecule has 0 spiro atoms. The average Bonchev–Trinajstić information content (AvgIpc) is 3.57. The van der Waals surface area contributed by atoms with Crippen molar-refractivity contribution in [3.05, 3.63) is 72.1 Å². The van der Waals surface area contributed by atoms with Crippen LogP contribution in [0.2, 0.25) is 0 Å². The smallest absolute Gasteiger partial charge is 0.328 e. The van der Waals surface area contributed by atoms with Crippen molar-refractivity contribution in [3.63, 3.8) is 0 Å². The van der Waals surface area contributed by atoms with Crippen molar-refractivity contribution < 1.29 is 28.7 Å². The number of hydrogen-bond acceptors (Lipinski definition) is 6. The minimum absolute atomic E-state index is 0.188. The molecule has 12 nitrogen and oxygen atoms in total. The van der Waals surface area contributed by atoms with Crippen LogP contribution in [0.25, 0.3) is 21.8 Å². The number of nitrogens with one attached hydrogen (secondary N) is 6. The number of carbonyl (C=O) groups excluding carboxylic acids is 5. The van der Waals surface area contributed by atoms with E-state index in [2.05, 4.69) is 31.2 Å². The van der Waals surface area contributed by atoms with Gasteiger partial charge in [-0.3, -0.25) is 19.2 Å². The molecule has 41 heavy (non-hydrogen) atoms. The van der Waals surface area contributed by atoms with Gasteiger partial charge in [0.1, 0.15) is 12.1 Å². The van der Waals surface area contributed by atoms with Gasteiger partial charge < -0.3 is 36.0 Å². The molecule has 2 aromatic heterocycles. The van der Waals surface area contributed by atoms with E-state index < -0.39 is 48.9 Å². The van der Waals surface area contributed by atoms with Gasteiger partial charge in [-0.2, -0.15) is 0 Å². The van der Waals surface area contributed by atoms with Gasteiger partial charge in [-0.15, -0.1) is 0 Å². The highest BCUT2D eigenvalue weighted by molar-refractivity contribution is 5.93. The molecular formula is C29H32N6O6. The third-order valence-corrected chi connectivity index (χ3v) is 6.58. The van der Waals surface area contributed by atoms with E-state index in [4.69, 9.17) is 4.74 Å². The summed E-state index contributed by atoms with van der Waals surface area (Å²) in [5, 5.41) is 12.0. The van der Waals surface area contributed by atoms with Gasteiger partial charge in [0.25, 0.3) is 0 Å². The van der Waals surface area contributed by atoms with Crippen LogP contribution >= 0.6 is 0 Å². The molecule has 2 aromatic carbocycles. The average molecular weight is 561 g/mol. The van der Waals surface area contributed by atoms with E-state index in [9.17, 15) is 24.0 Å². The zero-order valence-electron chi connectivity index (χ0n) is 22.7. The number of ether oxygens (including phenoxy) is 1. The van der Waals surface area contributed by atoms with Crippen molar-refractivity contribution in [1.29, 1.82) is 0 Å². The number of aromatic nitrogens is 2. The van der Waals surface area contributed by atoms with Gasteiger partial charge >= 0.3 is 5.97 Å². The first-order valence-electron chi connectivity index (χ1n) is 13.0. The molecule has 4 rings (SSSR count). The van der Waals surface area contributed by atoms with E-state index >= 15 is 0 Å². The first kappa shape index (κ1) is 28.9. The van der Waals surface area contributed by atoms with Crippen molar-refractivity contribution in [2.24, 2.45) is 0 Å². The fourth-order valence-electron chi connectivity index (χ4n) is 4.61. The summed E-state index contributed by atoms with van der Waals surface area (Å²) >= 11 is 0. The zero-order valence-corrected chi connectivity index (χ0v) is 22.7. The number of aromatic amines is 2. The lowest BCUT2D eigenvalue weighted by molar-refractivity contribution is -0.145. The third-order valence-electron chi connectivity index (χ3n) is 6.58. The molecular weight excluding hydrogens is 528 g/mol. The SMILES string of the molecule is COC(=O)C(Cc1c[nH]c2ccccc12)NC(=O)CNC(=O)CNC(=O)C(Cc1c[nH]c2ccccc12)NC(C)=O. The number of para-hydroxylation sites is 2. The van der Waals surface area contributed by atoms with E-state index in [0.29, 0.717) is 0 Å². The van der Waals surface area contributed by atoms with E-state index in [0.717, 1.165) is 32.9 Å². The van der Waals surface area contributed by atoms with Gasteiger partial charge in [-0.25, -0.2) is 4.79 Å². The van der Waals surface area contributed by atoms with E-state index in [-0.39, 0.29) is 18.7 Å². The van der Waals surface area contributed by atoms with Crippen LogP contribution in [0.3, 0.4) is 0 Å². The first-order valence-corrected chi connectivity index (χ1v) is 13.0. The summed E-state index contributed by atoms with van der Waals surface area (Å²) in [7, 11) is 1.23. The molecule has 0 aliphatic rings. The lowest BCUT2D eigenvalue weighted by Gasteiger charge is -2.18. The van der Waals surface area contributed by atoms with Crippen molar-refractivity contribution in [3.8, 4) is 0 Å². The van der Waals surface area contributed by atoms with E-state index in [1.54, 1.807) is 12.4 Å². The molecule has 2 heterocycles. The standard InChI is InChI=1S/C29H32N6O6/c1-17(36)34-24(11-18-13-30-22-9-5-3-7-20(18)22)28(39)33-15-26(37)32-16-27(38)35-25(29(40)41-2)12-19-14-31-23-10-6-4-8-21(19)23/h3-10,13-14,24-25,30-31H,11-12,15-16H2,1-2H3,(H,32,37)(H,33,39)(H,34,36)(H,35,38). The zero-order chi connectivity index (χ0) is 29.4.